The molecule has 0 saturated carbocycles. The zero-order valence-electron chi connectivity index (χ0n) is 13.8. The molecule has 0 atom stereocenters. The van der Waals surface area contributed by atoms with E-state index >= 15 is 0 Å². The molecule has 2 aromatic carbocycles. The fraction of sp³-hybridized carbons (Fsp3) is 0.167. The molecule has 26 heavy (non-hydrogen) atoms. The van der Waals surface area contributed by atoms with Crippen LogP contribution in [0.4, 0.5) is 8.78 Å². The molecule has 0 bridgehead atoms. The molecule has 0 radical (unpaired) electrons. The van der Waals surface area contributed by atoms with Crippen molar-refractivity contribution in [1.82, 2.24) is 14.5 Å². The lowest BCUT2D eigenvalue weighted by Gasteiger charge is -2.19. The second-order valence-electron chi connectivity index (χ2n) is 5.85. The Kier molecular flexibility index (Phi) is 4.66. The number of carbonyl (C=O) groups is 1. The molecule has 0 aliphatic heterocycles. The second-order valence-corrected chi connectivity index (χ2v) is 5.85. The molecular weight excluding hydrogens is 344 g/mol. The third-order valence-electron chi connectivity index (χ3n) is 4.05. The molecule has 1 amide bonds. The van der Waals surface area contributed by atoms with Crippen LogP contribution < -0.4 is 11.2 Å². The average molecular weight is 359 g/mol. The summed E-state index contributed by atoms with van der Waals surface area (Å²) in [5, 5.41) is 0.284. The Labute approximate surface area is 146 Å². The zero-order chi connectivity index (χ0) is 18.8. The Hall–Kier alpha value is -3.29. The van der Waals surface area contributed by atoms with Gasteiger partial charge in [-0.05, 0) is 18.2 Å². The SMILES string of the molecule is CN(Cc1ccc(F)cc1F)C(=O)Cn1c(=O)[nH]c(=O)c2ccccc21. The normalized spacial score (nSPS) is 10.9. The van der Waals surface area contributed by atoms with Crippen LogP contribution >= 0.6 is 0 Å². The van der Waals surface area contributed by atoms with Crippen molar-refractivity contribution in [3.63, 3.8) is 0 Å². The molecule has 134 valence electrons. The van der Waals surface area contributed by atoms with E-state index in [1.807, 2.05) is 0 Å². The first-order chi connectivity index (χ1) is 12.4. The number of para-hydroxylation sites is 1. The summed E-state index contributed by atoms with van der Waals surface area (Å²) in [6.45, 7) is -0.406. The molecule has 0 saturated heterocycles. The van der Waals surface area contributed by atoms with Gasteiger partial charge in [-0.25, -0.2) is 13.6 Å². The van der Waals surface area contributed by atoms with Gasteiger partial charge < -0.3 is 4.90 Å². The minimum atomic E-state index is -0.753. The van der Waals surface area contributed by atoms with Crippen LogP contribution in [0.1, 0.15) is 5.56 Å². The highest BCUT2D eigenvalue weighted by molar-refractivity contribution is 5.81. The van der Waals surface area contributed by atoms with E-state index in [-0.39, 0.29) is 24.0 Å². The molecule has 8 heteroatoms. The number of amides is 1. The van der Waals surface area contributed by atoms with E-state index in [1.165, 1.54) is 18.0 Å². The molecule has 0 unspecified atom stereocenters. The highest BCUT2D eigenvalue weighted by Gasteiger charge is 2.16. The summed E-state index contributed by atoms with van der Waals surface area (Å²) in [5.74, 6) is -1.92. The van der Waals surface area contributed by atoms with E-state index in [1.54, 1.807) is 24.3 Å². The summed E-state index contributed by atoms with van der Waals surface area (Å²) in [4.78, 5) is 39.8. The van der Waals surface area contributed by atoms with Crippen molar-refractivity contribution in [2.45, 2.75) is 13.1 Å². The molecule has 0 aliphatic carbocycles. The standard InChI is InChI=1S/C18H15F2N3O3/c1-22(9-11-6-7-12(19)8-14(11)20)16(24)10-23-15-5-3-2-4-13(15)17(25)21-18(23)26/h2-8H,9-10H2,1H3,(H,21,25,26). The van der Waals surface area contributed by atoms with Gasteiger partial charge in [-0.3, -0.25) is 19.1 Å². The smallest absolute Gasteiger partial charge is 0.329 e. The van der Waals surface area contributed by atoms with Crippen LogP contribution in [-0.2, 0) is 17.9 Å². The number of nitrogens with one attached hydrogen (secondary N) is 1. The Morgan fingerprint density at radius 3 is 2.62 bits per heavy atom. The summed E-state index contributed by atoms with van der Waals surface area (Å²) in [5.41, 5.74) is -0.753. The van der Waals surface area contributed by atoms with Gasteiger partial charge in [0.15, 0.2) is 0 Å². The number of aromatic nitrogens is 2. The molecule has 6 nitrogen and oxygen atoms in total. The number of nitrogens with zero attached hydrogens (tertiary/aromatic N) is 2. The Morgan fingerprint density at radius 2 is 1.88 bits per heavy atom. The van der Waals surface area contributed by atoms with E-state index in [0.717, 1.165) is 16.7 Å². The van der Waals surface area contributed by atoms with Crippen molar-refractivity contribution < 1.29 is 13.6 Å². The van der Waals surface area contributed by atoms with E-state index in [9.17, 15) is 23.2 Å². The number of halogens is 2. The van der Waals surface area contributed by atoms with Crippen molar-refractivity contribution in [2.75, 3.05) is 7.05 Å². The molecule has 1 aromatic heterocycles. The van der Waals surface area contributed by atoms with Gasteiger partial charge in [0, 0.05) is 25.2 Å². The maximum Gasteiger partial charge on any atom is 0.329 e. The van der Waals surface area contributed by atoms with E-state index in [4.69, 9.17) is 0 Å². The highest BCUT2D eigenvalue weighted by atomic mass is 19.1. The lowest BCUT2D eigenvalue weighted by molar-refractivity contribution is -0.131. The van der Waals surface area contributed by atoms with Crippen LogP contribution in [-0.4, -0.2) is 27.4 Å². The van der Waals surface area contributed by atoms with Gasteiger partial charge in [-0.15, -0.1) is 0 Å². The maximum absolute atomic E-state index is 13.7. The summed E-state index contributed by atoms with van der Waals surface area (Å²) in [6.07, 6.45) is 0. The fourth-order valence-corrected chi connectivity index (χ4v) is 2.65. The molecule has 1 N–H and O–H groups in total. The molecule has 0 aliphatic rings. The van der Waals surface area contributed by atoms with Crippen LogP contribution in [0.2, 0.25) is 0 Å². The van der Waals surface area contributed by atoms with Gasteiger partial charge in [0.25, 0.3) is 5.56 Å². The van der Waals surface area contributed by atoms with Crippen LogP contribution in [0.3, 0.4) is 0 Å². The minimum Gasteiger partial charge on any atom is -0.340 e. The van der Waals surface area contributed by atoms with E-state index in [0.29, 0.717) is 5.52 Å². The van der Waals surface area contributed by atoms with E-state index < -0.39 is 28.8 Å². The van der Waals surface area contributed by atoms with Gasteiger partial charge in [-0.1, -0.05) is 18.2 Å². The molecule has 0 fully saturated rings. The van der Waals surface area contributed by atoms with Gasteiger partial charge in [0.1, 0.15) is 18.2 Å². The van der Waals surface area contributed by atoms with Gasteiger partial charge in [-0.2, -0.15) is 0 Å². The maximum atomic E-state index is 13.7. The third-order valence-corrected chi connectivity index (χ3v) is 4.05. The quantitative estimate of drug-likeness (QED) is 0.769. The van der Waals surface area contributed by atoms with Crippen LogP contribution in [0.5, 0.6) is 0 Å². The number of fused-ring (bicyclic) bond motifs is 1. The number of likely N-dealkylation sites (N-methyl/N-ethyl adjacent to an activating group) is 1. The fourth-order valence-electron chi connectivity index (χ4n) is 2.65. The first-order valence-electron chi connectivity index (χ1n) is 7.76. The minimum absolute atomic E-state index is 0.0824. The number of benzene rings is 2. The Balaban J connectivity index is 1.87. The molecule has 1 heterocycles. The topological polar surface area (TPSA) is 75.2 Å². The van der Waals surface area contributed by atoms with E-state index in [2.05, 4.69) is 4.98 Å². The van der Waals surface area contributed by atoms with Crippen LogP contribution in [0.15, 0.2) is 52.1 Å². The van der Waals surface area contributed by atoms with Crippen molar-refractivity contribution in [3.05, 3.63) is 80.5 Å². The molecular formula is C18H15F2N3O3. The van der Waals surface area contributed by atoms with Gasteiger partial charge in [0.05, 0.1) is 10.9 Å². The number of hydrogen-bond donors (Lipinski definition) is 1. The predicted molar refractivity (Wildman–Crippen MR) is 91.7 cm³/mol. The number of carbonyl (C=O) groups excluding carboxylic acids is 1. The molecule has 3 aromatic rings. The first-order valence-corrected chi connectivity index (χ1v) is 7.76. The highest BCUT2D eigenvalue weighted by Crippen LogP contribution is 2.12. The zero-order valence-corrected chi connectivity index (χ0v) is 13.8. The molecule has 0 spiro atoms. The lowest BCUT2D eigenvalue weighted by Crippen LogP contribution is -2.37. The van der Waals surface area contributed by atoms with Crippen molar-refractivity contribution in [1.29, 1.82) is 0 Å². The Bertz CT molecular complexity index is 1100. The number of aromatic amines is 1. The summed E-state index contributed by atoms with van der Waals surface area (Å²) in [6, 6.07) is 9.53. The van der Waals surface area contributed by atoms with Crippen LogP contribution in [0.25, 0.3) is 10.9 Å². The number of H-pyrrole nitrogens is 1. The summed E-state index contributed by atoms with van der Waals surface area (Å²) in [7, 11) is 1.45. The molecule has 3 rings (SSSR count). The third kappa shape index (κ3) is 3.39. The monoisotopic (exact) mass is 359 g/mol. The summed E-state index contributed by atoms with van der Waals surface area (Å²) < 4.78 is 27.9. The Morgan fingerprint density at radius 1 is 1.15 bits per heavy atom. The number of rotatable bonds is 4. The van der Waals surface area contributed by atoms with Gasteiger partial charge in [0.2, 0.25) is 5.91 Å². The van der Waals surface area contributed by atoms with Crippen molar-refractivity contribution >= 4 is 16.8 Å². The first kappa shape index (κ1) is 17.5. The second kappa shape index (κ2) is 6.91. The predicted octanol–water partition coefficient (Wildman–Crippen LogP) is 1.63. The average Bonchev–Trinajstić information content (AvgIpc) is 2.60. The van der Waals surface area contributed by atoms with Crippen molar-refractivity contribution in [3.8, 4) is 0 Å². The number of hydrogen-bond acceptors (Lipinski definition) is 3. The summed E-state index contributed by atoms with van der Waals surface area (Å²) >= 11 is 0. The van der Waals surface area contributed by atoms with Gasteiger partial charge >= 0.3 is 5.69 Å². The largest absolute Gasteiger partial charge is 0.340 e. The lowest BCUT2D eigenvalue weighted by atomic mass is 10.2. The van der Waals surface area contributed by atoms with Crippen LogP contribution in [0, 0.1) is 11.6 Å². The van der Waals surface area contributed by atoms with Crippen molar-refractivity contribution in [2.24, 2.45) is 0 Å².